The van der Waals surface area contributed by atoms with E-state index in [-0.39, 0.29) is 18.4 Å². The standard InChI is InChI=1S/C21H28N4O5/c1-15-10-19(23-30-15)22-20(26)14-25(9-8-24-6-4-5-7-24)21(27)16-11-17(28-2)13-18(12-16)29-3/h10-13H,4-9,14H2,1-3H3,(H,22,23,26). The van der Waals surface area contributed by atoms with Crippen LogP contribution in [0.1, 0.15) is 29.0 Å². The lowest BCUT2D eigenvalue weighted by Gasteiger charge is -2.25. The number of benzene rings is 1. The van der Waals surface area contributed by atoms with Crippen LogP contribution in [0.25, 0.3) is 0 Å². The van der Waals surface area contributed by atoms with Crippen LogP contribution in [0.5, 0.6) is 11.5 Å². The fraction of sp³-hybridized carbons (Fsp3) is 0.476. The quantitative estimate of drug-likeness (QED) is 0.669. The van der Waals surface area contributed by atoms with E-state index in [4.69, 9.17) is 14.0 Å². The molecule has 9 heteroatoms. The first-order chi connectivity index (χ1) is 14.5. The Labute approximate surface area is 175 Å². The Hall–Kier alpha value is -3.07. The second kappa shape index (κ2) is 10.1. The third kappa shape index (κ3) is 5.73. The molecule has 3 rings (SSSR count). The van der Waals surface area contributed by atoms with Gasteiger partial charge in [0.05, 0.1) is 14.2 Å². The van der Waals surface area contributed by atoms with Crippen molar-refractivity contribution in [3.05, 3.63) is 35.6 Å². The predicted molar refractivity (Wildman–Crippen MR) is 111 cm³/mol. The zero-order valence-corrected chi connectivity index (χ0v) is 17.6. The number of nitrogens with one attached hydrogen (secondary N) is 1. The smallest absolute Gasteiger partial charge is 0.254 e. The van der Waals surface area contributed by atoms with Gasteiger partial charge in [-0.3, -0.25) is 9.59 Å². The van der Waals surface area contributed by atoms with Gasteiger partial charge in [-0.2, -0.15) is 0 Å². The summed E-state index contributed by atoms with van der Waals surface area (Å²) in [5.74, 6) is 1.34. The second-order valence-corrected chi connectivity index (χ2v) is 7.25. The van der Waals surface area contributed by atoms with Crippen LogP contribution in [0.3, 0.4) is 0 Å². The van der Waals surface area contributed by atoms with E-state index in [0.29, 0.717) is 41.7 Å². The molecule has 0 spiro atoms. The summed E-state index contributed by atoms with van der Waals surface area (Å²) in [6.45, 7) is 4.81. The van der Waals surface area contributed by atoms with E-state index in [1.807, 2.05) is 0 Å². The maximum atomic E-state index is 13.3. The van der Waals surface area contributed by atoms with Gasteiger partial charge in [0.2, 0.25) is 5.91 Å². The molecule has 2 heterocycles. The van der Waals surface area contributed by atoms with E-state index >= 15 is 0 Å². The molecule has 1 aliphatic rings. The summed E-state index contributed by atoms with van der Waals surface area (Å²) in [6, 6.07) is 6.62. The molecule has 0 radical (unpaired) electrons. The van der Waals surface area contributed by atoms with E-state index < -0.39 is 0 Å². The normalized spacial score (nSPS) is 13.8. The first-order valence-corrected chi connectivity index (χ1v) is 9.96. The number of hydrogen-bond acceptors (Lipinski definition) is 7. The van der Waals surface area contributed by atoms with E-state index in [0.717, 1.165) is 25.9 Å². The van der Waals surface area contributed by atoms with Crippen LogP contribution in [0, 0.1) is 6.92 Å². The zero-order valence-electron chi connectivity index (χ0n) is 17.6. The van der Waals surface area contributed by atoms with Gasteiger partial charge in [-0.15, -0.1) is 0 Å². The number of carbonyl (C=O) groups is 2. The van der Waals surface area contributed by atoms with Crippen LogP contribution in [-0.2, 0) is 4.79 Å². The molecule has 0 aliphatic carbocycles. The molecule has 1 aromatic carbocycles. The van der Waals surface area contributed by atoms with Crippen molar-refractivity contribution < 1.29 is 23.6 Å². The molecule has 2 aromatic rings. The van der Waals surface area contributed by atoms with Crippen LogP contribution >= 0.6 is 0 Å². The minimum absolute atomic E-state index is 0.0991. The molecule has 30 heavy (non-hydrogen) atoms. The first-order valence-electron chi connectivity index (χ1n) is 9.96. The first kappa shape index (κ1) is 21.6. The van der Waals surface area contributed by atoms with Gasteiger partial charge in [-0.1, -0.05) is 5.16 Å². The fourth-order valence-corrected chi connectivity index (χ4v) is 3.42. The van der Waals surface area contributed by atoms with Gasteiger partial charge in [0.25, 0.3) is 5.91 Å². The van der Waals surface area contributed by atoms with Crippen molar-refractivity contribution in [2.24, 2.45) is 0 Å². The molecular weight excluding hydrogens is 388 g/mol. The van der Waals surface area contributed by atoms with Crippen LogP contribution in [0.15, 0.2) is 28.8 Å². The van der Waals surface area contributed by atoms with Gasteiger partial charge >= 0.3 is 0 Å². The number of rotatable bonds is 9. The molecule has 1 saturated heterocycles. The van der Waals surface area contributed by atoms with Gasteiger partial charge in [-0.05, 0) is 45.0 Å². The minimum Gasteiger partial charge on any atom is -0.497 e. The summed E-state index contributed by atoms with van der Waals surface area (Å²) in [4.78, 5) is 29.7. The lowest BCUT2D eigenvalue weighted by atomic mass is 10.1. The summed E-state index contributed by atoms with van der Waals surface area (Å²) in [5.41, 5.74) is 0.401. The summed E-state index contributed by atoms with van der Waals surface area (Å²) in [7, 11) is 3.06. The molecule has 1 aliphatic heterocycles. The van der Waals surface area contributed by atoms with Crippen molar-refractivity contribution >= 4 is 17.6 Å². The van der Waals surface area contributed by atoms with Crippen LogP contribution in [-0.4, -0.2) is 73.7 Å². The largest absolute Gasteiger partial charge is 0.497 e. The lowest BCUT2D eigenvalue weighted by Crippen LogP contribution is -2.42. The highest BCUT2D eigenvalue weighted by Gasteiger charge is 2.22. The Morgan fingerprint density at radius 3 is 2.37 bits per heavy atom. The maximum absolute atomic E-state index is 13.3. The highest BCUT2D eigenvalue weighted by molar-refractivity contribution is 5.99. The van der Waals surface area contributed by atoms with Crippen molar-refractivity contribution in [1.82, 2.24) is 15.0 Å². The van der Waals surface area contributed by atoms with Gasteiger partial charge < -0.3 is 29.1 Å². The van der Waals surface area contributed by atoms with E-state index in [1.54, 1.807) is 31.2 Å². The monoisotopic (exact) mass is 416 g/mol. The summed E-state index contributed by atoms with van der Waals surface area (Å²) >= 11 is 0. The number of amides is 2. The van der Waals surface area contributed by atoms with E-state index in [1.165, 1.54) is 19.1 Å². The van der Waals surface area contributed by atoms with Crippen molar-refractivity contribution in [3.63, 3.8) is 0 Å². The number of anilines is 1. The molecule has 0 unspecified atom stereocenters. The second-order valence-electron chi connectivity index (χ2n) is 7.25. The van der Waals surface area contributed by atoms with Crippen LogP contribution in [0.2, 0.25) is 0 Å². The molecule has 1 aromatic heterocycles. The SMILES string of the molecule is COc1cc(OC)cc(C(=O)N(CCN2CCCC2)CC(=O)Nc2cc(C)on2)c1. The Kier molecular flexibility index (Phi) is 7.29. The topological polar surface area (TPSA) is 97.1 Å². The molecule has 0 atom stereocenters. The number of aromatic nitrogens is 1. The summed E-state index contributed by atoms with van der Waals surface area (Å²) < 4.78 is 15.5. The van der Waals surface area contributed by atoms with E-state index in [2.05, 4.69) is 15.4 Å². The molecular formula is C21H28N4O5. The molecule has 0 bridgehead atoms. The predicted octanol–water partition coefficient (Wildman–Crippen LogP) is 2.18. The lowest BCUT2D eigenvalue weighted by molar-refractivity contribution is -0.117. The number of ether oxygens (including phenoxy) is 2. The highest BCUT2D eigenvalue weighted by Crippen LogP contribution is 2.23. The van der Waals surface area contributed by atoms with Crippen molar-refractivity contribution in [2.45, 2.75) is 19.8 Å². The number of aryl methyl sites for hydroxylation is 1. The Balaban J connectivity index is 1.75. The van der Waals surface area contributed by atoms with Gasteiger partial charge in [0.1, 0.15) is 23.8 Å². The number of hydrogen-bond donors (Lipinski definition) is 1. The number of methoxy groups -OCH3 is 2. The third-order valence-corrected chi connectivity index (χ3v) is 5.00. The zero-order chi connectivity index (χ0) is 21.5. The Morgan fingerprint density at radius 1 is 1.13 bits per heavy atom. The van der Waals surface area contributed by atoms with Crippen molar-refractivity contribution in [2.75, 3.05) is 52.3 Å². The number of likely N-dealkylation sites (tertiary alicyclic amines) is 1. The molecule has 1 N–H and O–H groups in total. The Bertz CT molecular complexity index is 854. The number of nitrogens with zero attached hydrogens (tertiary/aromatic N) is 3. The van der Waals surface area contributed by atoms with Crippen molar-refractivity contribution in [1.29, 1.82) is 0 Å². The fourth-order valence-electron chi connectivity index (χ4n) is 3.42. The van der Waals surface area contributed by atoms with Gasteiger partial charge in [-0.25, -0.2) is 0 Å². The number of carbonyl (C=O) groups excluding carboxylic acids is 2. The Morgan fingerprint density at radius 2 is 1.80 bits per heavy atom. The van der Waals surface area contributed by atoms with E-state index in [9.17, 15) is 9.59 Å². The molecule has 1 fully saturated rings. The summed E-state index contributed by atoms with van der Waals surface area (Å²) in [6.07, 6.45) is 2.32. The molecule has 0 saturated carbocycles. The maximum Gasteiger partial charge on any atom is 0.254 e. The summed E-state index contributed by atoms with van der Waals surface area (Å²) in [5, 5.41) is 6.44. The van der Waals surface area contributed by atoms with Gasteiger partial charge in [0.15, 0.2) is 5.82 Å². The highest BCUT2D eigenvalue weighted by atomic mass is 16.5. The third-order valence-electron chi connectivity index (χ3n) is 5.00. The minimum atomic E-state index is -0.340. The molecule has 9 nitrogen and oxygen atoms in total. The van der Waals surface area contributed by atoms with Crippen LogP contribution in [0.4, 0.5) is 5.82 Å². The van der Waals surface area contributed by atoms with Crippen LogP contribution < -0.4 is 14.8 Å². The average molecular weight is 416 g/mol. The molecule has 2 amide bonds. The van der Waals surface area contributed by atoms with Gasteiger partial charge in [0, 0.05) is 30.8 Å². The molecule has 162 valence electrons. The average Bonchev–Trinajstić information content (AvgIpc) is 3.41. The van der Waals surface area contributed by atoms with Crippen molar-refractivity contribution in [3.8, 4) is 11.5 Å².